The van der Waals surface area contributed by atoms with Crippen molar-refractivity contribution in [2.75, 3.05) is 52.5 Å². The second-order valence-corrected chi connectivity index (χ2v) is 8.88. The van der Waals surface area contributed by atoms with E-state index in [0.717, 1.165) is 4.31 Å². The molecule has 2 heterocycles. The monoisotopic (exact) mass is 451 g/mol. The maximum absolute atomic E-state index is 13.1. The Labute approximate surface area is 181 Å². The molecule has 0 bridgehead atoms. The van der Waals surface area contributed by atoms with E-state index in [1.807, 2.05) is 0 Å². The van der Waals surface area contributed by atoms with Crippen LogP contribution in [0.4, 0.5) is 4.79 Å². The lowest BCUT2D eigenvalue weighted by molar-refractivity contribution is -0.142. The smallest absolute Gasteiger partial charge is 0.323 e. The number of carboxylic acids is 1. The summed E-state index contributed by atoms with van der Waals surface area (Å²) in [6.07, 6.45) is 0. The van der Waals surface area contributed by atoms with Crippen molar-refractivity contribution in [3.05, 3.63) is 24.3 Å². The predicted octanol–water partition coefficient (Wildman–Crippen LogP) is 0.300. The Balaban J connectivity index is 1.73. The molecule has 1 aromatic rings. The van der Waals surface area contributed by atoms with E-state index < -0.39 is 22.0 Å². The van der Waals surface area contributed by atoms with Crippen molar-refractivity contribution in [1.82, 2.24) is 14.1 Å². The topological polar surface area (TPSA) is 117 Å². The third-order valence-electron chi connectivity index (χ3n) is 5.09. The lowest BCUT2D eigenvalue weighted by Gasteiger charge is -2.40. The van der Waals surface area contributed by atoms with Gasteiger partial charge in [-0.3, -0.25) is 4.79 Å². The zero-order valence-electron chi connectivity index (χ0n) is 17.2. The Hall–Kier alpha value is -2.81. The number of urea groups is 1. The summed E-state index contributed by atoms with van der Waals surface area (Å²) < 4.78 is 37.8. The molecule has 0 aromatic heterocycles. The number of morpholine rings is 1. The summed E-state index contributed by atoms with van der Waals surface area (Å²) in [7, 11) is -4.07. The van der Waals surface area contributed by atoms with Gasteiger partial charge < -0.3 is 24.4 Å². The Morgan fingerprint density at radius 2 is 1.81 bits per heavy atom. The molecule has 1 atom stereocenters. The van der Waals surface area contributed by atoms with Gasteiger partial charge in [0.15, 0.2) is 0 Å². The van der Waals surface area contributed by atoms with E-state index in [-0.39, 0.29) is 37.2 Å². The van der Waals surface area contributed by atoms with Crippen LogP contribution in [0, 0.1) is 11.8 Å². The predicted molar refractivity (Wildman–Crippen MR) is 110 cm³/mol. The fourth-order valence-corrected chi connectivity index (χ4v) is 4.98. The van der Waals surface area contributed by atoms with E-state index in [4.69, 9.17) is 9.47 Å². The van der Waals surface area contributed by atoms with Gasteiger partial charge in [0.1, 0.15) is 18.4 Å². The number of nitrogens with zero attached hydrogens (tertiary/aromatic N) is 3. The molecule has 2 amide bonds. The normalized spacial score (nSPS) is 20.0. The molecule has 11 heteroatoms. The SMILES string of the molecule is CC#CCOc1ccc(S(=O)(=O)N2CCN(C(=O)N3CCOCC3)CC2C(=O)O)cc1. The van der Waals surface area contributed by atoms with Crippen LogP contribution in [-0.4, -0.2) is 98.2 Å². The van der Waals surface area contributed by atoms with Crippen LogP contribution in [0.25, 0.3) is 0 Å². The van der Waals surface area contributed by atoms with Crippen LogP contribution in [0.1, 0.15) is 6.92 Å². The summed E-state index contributed by atoms with van der Waals surface area (Å²) in [6, 6.07) is 4.06. The highest BCUT2D eigenvalue weighted by atomic mass is 32.2. The van der Waals surface area contributed by atoms with Crippen molar-refractivity contribution in [1.29, 1.82) is 0 Å². The molecule has 2 saturated heterocycles. The summed E-state index contributed by atoms with van der Waals surface area (Å²) >= 11 is 0. The number of ether oxygens (including phenoxy) is 2. The molecule has 10 nitrogen and oxygen atoms in total. The number of rotatable bonds is 5. The molecule has 3 rings (SSSR count). The quantitative estimate of drug-likeness (QED) is 0.640. The van der Waals surface area contributed by atoms with Crippen molar-refractivity contribution in [2.24, 2.45) is 0 Å². The molecule has 1 unspecified atom stereocenters. The van der Waals surface area contributed by atoms with Crippen molar-refractivity contribution in [3.8, 4) is 17.6 Å². The van der Waals surface area contributed by atoms with Crippen LogP contribution in [0.2, 0.25) is 0 Å². The number of hydrogen-bond acceptors (Lipinski definition) is 6. The summed E-state index contributed by atoms with van der Waals surface area (Å²) in [6.45, 7) is 3.34. The zero-order chi connectivity index (χ0) is 22.4. The van der Waals surface area contributed by atoms with Gasteiger partial charge in [-0.2, -0.15) is 4.31 Å². The number of sulfonamides is 1. The van der Waals surface area contributed by atoms with E-state index in [1.165, 1.54) is 29.2 Å². The molecule has 0 radical (unpaired) electrons. The standard InChI is InChI=1S/C20H25N3O7S/c1-2-3-12-30-16-4-6-17(7-5-16)31(27,28)23-9-8-22(15-18(23)19(24)25)20(26)21-10-13-29-14-11-21/h4-7,18H,8-15H2,1H3,(H,24,25). The number of carbonyl (C=O) groups excluding carboxylic acids is 1. The molecular formula is C20H25N3O7S. The molecule has 2 fully saturated rings. The van der Waals surface area contributed by atoms with E-state index >= 15 is 0 Å². The molecular weight excluding hydrogens is 426 g/mol. The highest BCUT2D eigenvalue weighted by molar-refractivity contribution is 7.89. The number of carboxylic acid groups (broad SMARTS) is 1. The Bertz CT molecular complexity index is 963. The van der Waals surface area contributed by atoms with Crippen molar-refractivity contribution < 1.29 is 32.6 Å². The molecule has 0 aliphatic carbocycles. The Morgan fingerprint density at radius 1 is 1.13 bits per heavy atom. The largest absolute Gasteiger partial charge is 0.481 e. The molecule has 1 N–H and O–H groups in total. The van der Waals surface area contributed by atoms with Crippen LogP contribution in [0.5, 0.6) is 5.75 Å². The minimum absolute atomic E-state index is 0.0411. The zero-order valence-corrected chi connectivity index (χ0v) is 18.0. The van der Waals surface area contributed by atoms with Crippen LogP contribution in [0.3, 0.4) is 0 Å². The number of hydrogen-bond donors (Lipinski definition) is 1. The van der Waals surface area contributed by atoms with Gasteiger partial charge in [-0.05, 0) is 31.2 Å². The van der Waals surface area contributed by atoms with Gasteiger partial charge >= 0.3 is 12.0 Å². The Kier molecular flexibility index (Phi) is 7.37. The van der Waals surface area contributed by atoms with Crippen molar-refractivity contribution in [3.63, 3.8) is 0 Å². The van der Waals surface area contributed by atoms with Gasteiger partial charge in [-0.15, -0.1) is 5.92 Å². The third-order valence-corrected chi connectivity index (χ3v) is 7.01. The first-order valence-electron chi connectivity index (χ1n) is 9.83. The van der Waals surface area contributed by atoms with Gasteiger partial charge in [0.25, 0.3) is 0 Å². The Morgan fingerprint density at radius 3 is 2.42 bits per heavy atom. The van der Waals surface area contributed by atoms with Crippen LogP contribution in [0.15, 0.2) is 29.2 Å². The van der Waals surface area contributed by atoms with Crippen LogP contribution in [-0.2, 0) is 19.6 Å². The van der Waals surface area contributed by atoms with Gasteiger partial charge in [0, 0.05) is 32.7 Å². The second-order valence-electron chi connectivity index (χ2n) is 6.98. The number of amides is 2. The maximum Gasteiger partial charge on any atom is 0.323 e. The first-order chi connectivity index (χ1) is 14.8. The molecule has 0 spiro atoms. The van der Waals surface area contributed by atoms with E-state index in [0.29, 0.717) is 32.1 Å². The van der Waals surface area contributed by atoms with Crippen molar-refractivity contribution >= 4 is 22.0 Å². The molecule has 1 aromatic carbocycles. The minimum atomic E-state index is -4.07. The maximum atomic E-state index is 13.1. The lowest BCUT2D eigenvalue weighted by Crippen LogP contribution is -2.61. The highest BCUT2D eigenvalue weighted by Gasteiger charge is 2.42. The van der Waals surface area contributed by atoms with E-state index in [2.05, 4.69) is 11.8 Å². The van der Waals surface area contributed by atoms with Gasteiger partial charge in [-0.25, -0.2) is 13.2 Å². The molecule has 2 aliphatic rings. The van der Waals surface area contributed by atoms with E-state index in [1.54, 1.807) is 11.8 Å². The van der Waals surface area contributed by atoms with Crippen molar-refractivity contribution in [2.45, 2.75) is 17.9 Å². The summed E-state index contributed by atoms with van der Waals surface area (Å²) in [5, 5.41) is 9.68. The fourth-order valence-electron chi connectivity index (χ4n) is 3.42. The summed E-state index contributed by atoms with van der Waals surface area (Å²) in [4.78, 5) is 27.5. The molecule has 0 saturated carbocycles. The van der Waals surface area contributed by atoms with Gasteiger partial charge in [0.05, 0.1) is 18.1 Å². The number of benzene rings is 1. The molecule has 31 heavy (non-hydrogen) atoms. The average molecular weight is 452 g/mol. The second kappa shape index (κ2) is 10.00. The average Bonchev–Trinajstić information content (AvgIpc) is 2.79. The third kappa shape index (κ3) is 5.28. The highest BCUT2D eigenvalue weighted by Crippen LogP contribution is 2.24. The van der Waals surface area contributed by atoms with Crippen LogP contribution < -0.4 is 4.74 Å². The first kappa shape index (κ1) is 22.9. The first-order valence-corrected chi connectivity index (χ1v) is 11.3. The minimum Gasteiger partial charge on any atom is -0.481 e. The van der Waals surface area contributed by atoms with Crippen LogP contribution >= 0.6 is 0 Å². The lowest BCUT2D eigenvalue weighted by atomic mass is 10.2. The number of carbonyl (C=O) groups is 2. The summed E-state index contributed by atoms with van der Waals surface area (Å²) in [5.41, 5.74) is 0. The van der Waals surface area contributed by atoms with E-state index in [9.17, 15) is 23.1 Å². The molecule has 168 valence electrons. The van der Waals surface area contributed by atoms with Gasteiger partial charge in [-0.1, -0.05) is 5.92 Å². The fraction of sp³-hybridized carbons (Fsp3) is 0.500. The van der Waals surface area contributed by atoms with Gasteiger partial charge in [0.2, 0.25) is 10.0 Å². The number of aliphatic carboxylic acids is 1. The summed E-state index contributed by atoms with van der Waals surface area (Å²) in [5.74, 6) is 4.59. The molecule has 2 aliphatic heterocycles. The number of piperazine rings is 1.